The van der Waals surface area contributed by atoms with Gasteiger partial charge >= 0.3 is 0 Å². The van der Waals surface area contributed by atoms with E-state index in [-0.39, 0.29) is 11.4 Å². The van der Waals surface area contributed by atoms with E-state index >= 15 is 0 Å². The molecule has 1 aromatic carbocycles. The molecule has 1 fully saturated rings. The molecule has 2 heterocycles. The van der Waals surface area contributed by atoms with Crippen LogP contribution in [0.15, 0.2) is 18.2 Å². The minimum absolute atomic E-state index is 0.242. The molecule has 0 aliphatic carbocycles. The summed E-state index contributed by atoms with van der Waals surface area (Å²) in [6.45, 7) is 7.37. The van der Waals surface area contributed by atoms with E-state index < -0.39 is 0 Å². The fraction of sp³-hybridized carbons (Fsp3) is 0.562. The van der Waals surface area contributed by atoms with Crippen molar-refractivity contribution in [1.82, 2.24) is 4.90 Å². The first-order valence-corrected chi connectivity index (χ1v) is 7.17. The monoisotopic (exact) mass is 259 g/mol. The summed E-state index contributed by atoms with van der Waals surface area (Å²) in [5.74, 6) is 1.03. The quantitative estimate of drug-likeness (QED) is 0.776. The molecule has 3 heteroatoms. The number of hydrogen-bond acceptors (Lipinski definition) is 3. The summed E-state index contributed by atoms with van der Waals surface area (Å²) in [6.07, 6.45) is 2.46. The maximum Gasteiger partial charge on any atom is 0.170 e. The van der Waals surface area contributed by atoms with E-state index in [1.165, 1.54) is 0 Å². The highest BCUT2D eigenvalue weighted by Crippen LogP contribution is 2.39. The Balaban J connectivity index is 1.86. The summed E-state index contributed by atoms with van der Waals surface area (Å²) in [6, 6.07) is 5.89. The Morgan fingerprint density at radius 2 is 2.05 bits per heavy atom. The number of likely N-dealkylation sites (tertiary alicyclic amines) is 1. The van der Waals surface area contributed by atoms with Crippen molar-refractivity contribution in [2.24, 2.45) is 0 Å². The van der Waals surface area contributed by atoms with Gasteiger partial charge < -0.3 is 9.64 Å². The minimum Gasteiger partial charge on any atom is -0.486 e. The molecule has 0 amide bonds. The molecule has 1 saturated heterocycles. The second-order valence-corrected chi connectivity index (χ2v) is 5.82. The highest BCUT2D eigenvalue weighted by molar-refractivity contribution is 6.00. The smallest absolute Gasteiger partial charge is 0.170 e. The van der Waals surface area contributed by atoms with Gasteiger partial charge in [0.15, 0.2) is 5.78 Å². The van der Waals surface area contributed by atoms with Crippen molar-refractivity contribution >= 4 is 5.78 Å². The number of fused-ring (bicyclic) bond motifs is 1. The summed E-state index contributed by atoms with van der Waals surface area (Å²) in [5, 5.41) is 0. The number of nitrogens with zero attached hydrogens (tertiary/aromatic N) is 1. The zero-order chi connectivity index (χ0) is 13.5. The van der Waals surface area contributed by atoms with E-state index in [4.69, 9.17) is 4.74 Å². The van der Waals surface area contributed by atoms with Crippen LogP contribution in [0, 0.1) is 6.92 Å². The molecule has 0 atom stereocenters. The van der Waals surface area contributed by atoms with Crippen molar-refractivity contribution in [2.45, 2.75) is 38.7 Å². The van der Waals surface area contributed by atoms with Gasteiger partial charge in [0.2, 0.25) is 0 Å². The van der Waals surface area contributed by atoms with E-state index in [1.54, 1.807) is 0 Å². The highest BCUT2D eigenvalue weighted by Gasteiger charge is 2.42. The van der Waals surface area contributed by atoms with Gasteiger partial charge in [-0.1, -0.05) is 13.0 Å². The third-order valence-corrected chi connectivity index (χ3v) is 4.46. The molecule has 19 heavy (non-hydrogen) atoms. The minimum atomic E-state index is -0.246. The zero-order valence-electron chi connectivity index (χ0n) is 11.7. The Kier molecular flexibility index (Phi) is 3.09. The molecule has 0 N–H and O–H groups in total. The molecule has 1 aromatic rings. The number of carbonyl (C=O) groups excluding carboxylic acids is 1. The van der Waals surface area contributed by atoms with Crippen LogP contribution in [0.5, 0.6) is 5.75 Å². The average Bonchev–Trinajstić information content (AvgIpc) is 2.39. The molecule has 0 radical (unpaired) electrons. The van der Waals surface area contributed by atoms with Crippen LogP contribution in [0.2, 0.25) is 0 Å². The second-order valence-electron chi connectivity index (χ2n) is 5.82. The number of hydrogen-bond donors (Lipinski definition) is 0. The second kappa shape index (κ2) is 4.64. The third-order valence-electron chi connectivity index (χ3n) is 4.46. The summed E-state index contributed by atoms with van der Waals surface area (Å²) in [7, 11) is 0. The Hall–Kier alpha value is -1.35. The average molecular weight is 259 g/mol. The summed E-state index contributed by atoms with van der Waals surface area (Å²) in [4.78, 5) is 14.7. The SMILES string of the molecule is CCN1CCC2(CC1)CC(=O)c1ccc(C)cc1O2. The lowest BCUT2D eigenvalue weighted by atomic mass is 9.82. The molecule has 0 aromatic heterocycles. The number of carbonyl (C=O) groups is 1. The van der Waals surface area contributed by atoms with Crippen LogP contribution in [0.25, 0.3) is 0 Å². The van der Waals surface area contributed by atoms with Crippen molar-refractivity contribution in [1.29, 1.82) is 0 Å². The maximum atomic E-state index is 12.3. The van der Waals surface area contributed by atoms with Gasteiger partial charge in [-0.2, -0.15) is 0 Å². The van der Waals surface area contributed by atoms with E-state index in [0.29, 0.717) is 6.42 Å². The van der Waals surface area contributed by atoms with Crippen LogP contribution in [0.4, 0.5) is 0 Å². The van der Waals surface area contributed by atoms with Crippen molar-refractivity contribution in [3.63, 3.8) is 0 Å². The molecular weight excluding hydrogens is 238 g/mol. The molecule has 0 unspecified atom stereocenters. The largest absolute Gasteiger partial charge is 0.486 e. The van der Waals surface area contributed by atoms with E-state index in [9.17, 15) is 4.79 Å². The van der Waals surface area contributed by atoms with Crippen molar-refractivity contribution in [2.75, 3.05) is 19.6 Å². The Bertz CT molecular complexity index is 501. The first-order chi connectivity index (χ1) is 9.12. The maximum absolute atomic E-state index is 12.3. The molecule has 0 bridgehead atoms. The number of ether oxygens (including phenoxy) is 1. The van der Waals surface area contributed by atoms with Gasteiger partial charge in [-0.3, -0.25) is 4.79 Å². The molecule has 1 spiro atoms. The van der Waals surface area contributed by atoms with Crippen molar-refractivity contribution in [3.8, 4) is 5.75 Å². The summed E-state index contributed by atoms with van der Waals surface area (Å²) >= 11 is 0. The topological polar surface area (TPSA) is 29.5 Å². The van der Waals surface area contributed by atoms with Gasteiger partial charge in [0.1, 0.15) is 11.4 Å². The lowest BCUT2D eigenvalue weighted by Gasteiger charge is -2.43. The standard InChI is InChI=1S/C16H21NO2/c1-3-17-8-6-16(7-9-17)11-14(18)13-5-4-12(2)10-15(13)19-16/h4-5,10H,3,6-9,11H2,1-2H3. The van der Waals surface area contributed by atoms with Crippen molar-refractivity contribution in [3.05, 3.63) is 29.3 Å². The zero-order valence-corrected chi connectivity index (χ0v) is 11.7. The number of piperidine rings is 1. The first kappa shape index (κ1) is 12.7. The Morgan fingerprint density at radius 1 is 1.32 bits per heavy atom. The van der Waals surface area contributed by atoms with E-state index in [0.717, 1.165) is 49.4 Å². The van der Waals surface area contributed by atoms with Gasteiger partial charge in [-0.15, -0.1) is 0 Å². The fourth-order valence-electron chi connectivity index (χ4n) is 3.16. The van der Waals surface area contributed by atoms with Crippen LogP contribution in [0.1, 0.15) is 42.1 Å². The lowest BCUT2D eigenvalue weighted by Crippen LogP contribution is -2.50. The third kappa shape index (κ3) is 2.27. The van der Waals surface area contributed by atoms with E-state index in [1.807, 2.05) is 25.1 Å². The predicted molar refractivity (Wildman–Crippen MR) is 74.8 cm³/mol. The lowest BCUT2D eigenvalue weighted by molar-refractivity contribution is -0.00783. The van der Waals surface area contributed by atoms with Crippen LogP contribution in [-0.2, 0) is 0 Å². The highest BCUT2D eigenvalue weighted by atomic mass is 16.5. The van der Waals surface area contributed by atoms with Crippen LogP contribution < -0.4 is 4.74 Å². The predicted octanol–water partition coefficient (Wildman–Crippen LogP) is 2.81. The molecule has 2 aliphatic heterocycles. The van der Waals surface area contributed by atoms with Gasteiger partial charge in [-0.05, 0) is 31.2 Å². The van der Waals surface area contributed by atoms with Gasteiger partial charge in [0.05, 0.1) is 12.0 Å². The van der Waals surface area contributed by atoms with E-state index in [2.05, 4.69) is 11.8 Å². The van der Waals surface area contributed by atoms with Gasteiger partial charge in [0.25, 0.3) is 0 Å². The molecule has 102 valence electrons. The fourth-order valence-corrected chi connectivity index (χ4v) is 3.16. The number of ketones is 1. The molecular formula is C16H21NO2. The summed E-state index contributed by atoms with van der Waals surface area (Å²) in [5.41, 5.74) is 1.66. The van der Waals surface area contributed by atoms with Crippen LogP contribution in [0.3, 0.4) is 0 Å². The molecule has 0 saturated carbocycles. The van der Waals surface area contributed by atoms with Crippen LogP contribution >= 0.6 is 0 Å². The number of aryl methyl sites for hydroxylation is 1. The molecule has 3 nitrogen and oxygen atoms in total. The number of benzene rings is 1. The Labute approximate surface area is 114 Å². The number of Topliss-reactive ketones (excluding diaryl/α,β-unsaturated/α-hetero) is 1. The normalized spacial score (nSPS) is 22.1. The molecule has 2 aliphatic rings. The molecule has 3 rings (SSSR count). The Morgan fingerprint density at radius 3 is 2.74 bits per heavy atom. The van der Waals surface area contributed by atoms with Gasteiger partial charge in [0, 0.05) is 25.9 Å². The van der Waals surface area contributed by atoms with Crippen LogP contribution in [-0.4, -0.2) is 35.9 Å². The number of rotatable bonds is 1. The van der Waals surface area contributed by atoms with Crippen molar-refractivity contribution < 1.29 is 9.53 Å². The van der Waals surface area contributed by atoms with Gasteiger partial charge in [-0.25, -0.2) is 0 Å². The summed E-state index contributed by atoms with van der Waals surface area (Å²) < 4.78 is 6.26. The first-order valence-electron chi connectivity index (χ1n) is 7.17.